The Morgan fingerprint density at radius 3 is 1.32 bits per heavy atom. The van der Waals surface area contributed by atoms with Crippen LogP contribution < -0.4 is 0 Å². The van der Waals surface area contributed by atoms with E-state index in [1.807, 2.05) is 18.2 Å². The number of hydrogen-bond donors (Lipinski definition) is 0. The second-order valence-electron chi connectivity index (χ2n) is 16.0. The summed E-state index contributed by atoms with van der Waals surface area (Å²) < 4.78 is 4.77. The average Bonchev–Trinajstić information content (AvgIpc) is 3.86. The lowest BCUT2D eigenvalue weighted by atomic mass is 9.93. The number of aromatic nitrogens is 5. The number of rotatable bonds is 5. The lowest BCUT2D eigenvalue weighted by molar-refractivity contribution is 1.06. The zero-order valence-corrected chi connectivity index (χ0v) is 33.4. The normalized spacial score (nSPS) is 11.9. The first-order valence-corrected chi connectivity index (χ1v) is 21.0. The molecule has 0 radical (unpaired) electrons. The lowest BCUT2D eigenvalue weighted by Gasteiger charge is -2.16. The van der Waals surface area contributed by atoms with Gasteiger partial charge in [0.15, 0.2) is 17.5 Å². The summed E-state index contributed by atoms with van der Waals surface area (Å²) in [5.74, 6) is 1.86. The van der Waals surface area contributed by atoms with Gasteiger partial charge < -0.3 is 9.13 Å². The van der Waals surface area contributed by atoms with E-state index in [4.69, 9.17) is 15.0 Å². The van der Waals surface area contributed by atoms with Gasteiger partial charge >= 0.3 is 0 Å². The van der Waals surface area contributed by atoms with Crippen molar-refractivity contribution in [1.82, 2.24) is 24.1 Å². The van der Waals surface area contributed by atoms with E-state index in [1.165, 1.54) is 64.9 Å². The quantitative estimate of drug-likeness (QED) is 0.163. The van der Waals surface area contributed by atoms with Gasteiger partial charge in [0.2, 0.25) is 0 Å². The third kappa shape index (κ3) is 5.18. The zero-order valence-electron chi connectivity index (χ0n) is 33.4. The Morgan fingerprint density at radius 1 is 0.258 bits per heavy atom. The average molecular weight is 790 g/mol. The van der Waals surface area contributed by atoms with Crippen molar-refractivity contribution in [3.05, 3.63) is 212 Å². The number of para-hydroxylation sites is 4. The lowest BCUT2D eigenvalue weighted by Crippen LogP contribution is -2.04. The van der Waals surface area contributed by atoms with Crippen LogP contribution in [0.5, 0.6) is 0 Å². The van der Waals surface area contributed by atoms with Crippen LogP contribution in [0.25, 0.3) is 121 Å². The Kier molecular flexibility index (Phi) is 7.54. The Balaban J connectivity index is 1.05. The van der Waals surface area contributed by atoms with E-state index in [0.717, 1.165) is 39.1 Å². The SMILES string of the molecule is c1ccc(-c2nc(-c3ccc4c5ccccc5c5ccccc5c4c3)nc(-c3ccccc3-n3c4ccccc4c4ccc(-n5c6ccccc6c6ccccc65)cc43)n2)cc1. The summed E-state index contributed by atoms with van der Waals surface area (Å²) in [5, 5.41) is 12.1. The van der Waals surface area contributed by atoms with Gasteiger partial charge in [-0.1, -0.05) is 164 Å². The molecule has 13 aromatic rings. The van der Waals surface area contributed by atoms with E-state index in [9.17, 15) is 0 Å². The molecule has 62 heavy (non-hydrogen) atoms. The summed E-state index contributed by atoms with van der Waals surface area (Å²) in [5.41, 5.74) is 9.44. The Hall–Kier alpha value is -8.41. The topological polar surface area (TPSA) is 48.5 Å². The highest BCUT2D eigenvalue weighted by molar-refractivity contribution is 6.25. The van der Waals surface area contributed by atoms with Crippen molar-refractivity contribution in [2.45, 2.75) is 0 Å². The third-order valence-corrected chi connectivity index (χ3v) is 12.6. The number of fused-ring (bicyclic) bond motifs is 12. The maximum absolute atomic E-state index is 5.37. The second kappa shape index (κ2) is 13.6. The zero-order chi connectivity index (χ0) is 40.7. The Bertz CT molecular complexity index is 3850. The smallest absolute Gasteiger partial charge is 0.166 e. The van der Waals surface area contributed by atoms with Crippen molar-refractivity contribution in [3.8, 4) is 45.5 Å². The largest absolute Gasteiger partial charge is 0.309 e. The second-order valence-corrected chi connectivity index (χ2v) is 16.0. The first kappa shape index (κ1) is 34.5. The third-order valence-electron chi connectivity index (χ3n) is 12.6. The standard InChI is InChI=1S/C57H35N5/c1-2-16-36(17-3-1)55-58-56(37-30-32-43-41-20-5-4-18-39(41)40-19-6-7-21-42(40)49(43)34-37)60-57(59-55)48-25-11-15-29-53(48)62-52-28-14-10-24-46(52)47-33-31-38(35-54(47)62)61-50-26-12-8-22-44(50)45-23-9-13-27-51(45)61/h1-35H. The molecular formula is C57H35N5. The van der Waals surface area contributed by atoms with Crippen molar-refractivity contribution >= 4 is 75.9 Å². The molecule has 0 atom stereocenters. The molecule has 0 spiro atoms. The van der Waals surface area contributed by atoms with Crippen molar-refractivity contribution in [3.63, 3.8) is 0 Å². The van der Waals surface area contributed by atoms with Crippen LogP contribution in [-0.2, 0) is 0 Å². The van der Waals surface area contributed by atoms with Crippen molar-refractivity contribution in [1.29, 1.82) is 0 Å². The predicted molar refractivity (Wildman–Crippen MR) is 257 cm³/mol. The van der Waals surface area contributed by atoms with Gasteiger partial charge in [-0.3, -0.25) is 0 Å². The number of benzene rings is 10. The van der Waals surface area contributed by atoms with E-state index in [1.54, 1.807) is 0 Å². The van der Waals surface area contributed by atoms with Crippen LogP contribution in [0.2, 0.25) is 0 Å². The van der Waals surface area contributed by atoms with E-state index in [-0.39, 0.29) is 0 Å². The van der Waals surface area contributed by atoms with Gasteiger partial charge in [-0.15, -0.1) is 0 Å². The van der Waals surface area contributed by atoms with Crippen LogP contribution in [-0.4, -0.2) is 24.1 Å². The van der Waals surface area contributed by atoms with Gasteiger partial charge in [0.05, 0.1) is 27.8 Å². The van der Waals surface area contributed by atoms with Crippen LogP contribution >= 0.6 is 0 Å². The molecule has 0 aliphatic rings. The Morgan fingerprint density at radius 2 is 0.694 bits per heavy atom. The molecule has 0 amide bonds. The summed E-state index contributed by atoms with van der Waals surface area (Å²) in [4.78, 5) is 15.8. The molecule has 10 aromatic carbocycles. The van der Waals surface area contributed by atoms with Gasteiger partial charge in [-0.05, 0) is 80.8 Å². The number of nitrogens with zero attached hydrogens (tertiary/aromatic N) is 5. The molecule has 0 saturated heterocycles. The summed E-state index contributed by atoms with van der Waals surface area (Å²) >= 11 is 0. The molecule has 0 unspecified atom stereocenters. The molecule has 3 heterocycles. The molecule has 5 heteroatoms. The number of hydrogen-bond acceptors (Lipinski definition) is 3. The molecule has 0 fully saturated rings. The van der Waals surface area contributed by atoms with Crippen LogP contribution in [0, 0.1) is 0 Å². The molecule has 13 rings (SSSR count). The molecule has 0 bridgehead atoms. The fourth-order valence-corrected chi connectivity index (χ4v) is 9.80. The first-order valence-electron chi connectivity index (χ1n) is 21.0. The molecule has 0 saturated carbocycles. The van der Waals surface area contributed by atoms with Gasteiger partial charge in [-0.25, -0.2) is 15.0 Å². The molecule has 0 N–H and O–H groups in total. The molecule has 288 valence electrons. The predicted octanol–water partition coefficient (Wildman–Crippen LogP) is 14.5. The van der Waals surface area contributed by atoms with E-state index in [0.29, 0.717) is 17.5 Å². The van der Waals surface area contributed by atoms with Gasteiger partial charge in [0.1, 0.15) is 0 Å². The van der Waals surface area contributed by atoms with Gasteiger partial charge in [0, 0.05) is 43.9 Å². The van der Waals surface area contributed by atoms with Crippen molar-refractivity contribution < 1.29 is 0 Å². The Labute approximate surface area is 356 Å². The molecular weight excluding hydrogens is 755 g/mol. The molecule has 0 aliphatic carbocycles. The van der Waals surface area contributed by atoms with Crippen LogP contribution in [0.4, 0.5) is 0 Å². The summed E-state index contributed by atoms with van der Waals surface area (Å²) in [6.07, 6.45) is 0. The summed E-state index contributed by atoms with van der Waals surface area (Å²) in [7, 11) is 0. The van der Waals surface area contributed by atoms with Crippen molar-refractivity contribution in [2.24, 2.45) is 0 Å². The van der Waals surface area contributed by atoms with Gasteiger partial charge in [0.25, 0.3) is 0 Å². The minimum absolute atomic E-state index is 0.609. The highest BCUT2D eigenvalue weighted by atomic mass is 15.1. The summed E-state index contributed by atoms with van der Waals surface area (Å²) in [6, 6.07) is 75.6. The first-order chi connectivity index (χ1) is 30.8. The van der Waals surface area contributed by atoms with Crippen molar-refractivity contribution in [2.75, 3.05) is 0 Å². The minimum atomic E-state index is 0.609. The minimum Gasteiger partial charge on any atom is -0.309 e. The fraction of sp³-hybridized carbons (Fsp3) is 0. The highest BCUT2D eigenvalue weighted by Gasteiger charge is 2.21. The van der Waals surface area contributed by atoms with E-state index < -0.39 is 0 Å². The van der Waals surface area contributed by atoms with Gasteiger partial charge in [-0.2, -0.15) is 0 Å². The monoisotopic (exact) mass is 789 g/mol. The maximum atomic E-state index is 5.37. The molecule has 5 nitrogen and oxygen atoms in total. The van der Waals surface area contributed by atoms with E-state index >= 15 is 0 Å². The maximum Gasteiger partial charge on any atom is 0.166 e. The van der Waals surface area contributed by atoms with E-state index in [2.05, 4.69) is 203 Å². The highest BCUT2D eigenvalue weighted by Crippen LogP contribution is 2.40. The van der Waals surface area contributed by atoms with Crippen LogP contribution in [0.3, 0.4) is 0 Å². The van der Waals surface area contributed by atoms with Crippen LogP contribution in [0.15, 0.2) is 212 Å². The summed E-state index contributed by atoms with van der Waals surface area (Å²) in [6.45, 7) is 0. The molecule has 3 aromatic heterocycles. The molecule has 0 aliphatic heterocycles. The van der Waals surface area contributed by atoms with Crippen LogP contribution in [0.1, 0.15) is 0 Å². The fourth-order valence-electron chi connectivity index (χ4n) is 9.80.